The van der Waals surface area contributed by atoms with Gasteiger partial charge in [0.05, 0.1) is 0 Å². The normalized spacial score (nSPS) is 10.2. The van der Waals surface area contributed by atoms with Gasteiger partial charge in [0.1, 0.15) is 5.69 Å². The average Bonchev–Trinajstić information content (AvgIpc) is 2.25. The van der Waals surface area contributed by atoms with E-state index in [1.807, 2.05) is 0 Å². The van der Waals surface area contributed by atoms with Crippen LogP contribution in [0.25, 0.3) is 0 Å². The van der Waals surface area contributed by atoms with Gasteiger partial charge >= 0.3 is 0 Å². The van der Waals surface area contributed by atoms with Gasteiger partial charge in [0.2, 0.25) is 5.91 Å². The molecule has 0 saturated heterocycles. The summed E-state index contributed by atoms with van der Waals surface area (Å²) in [7, 11) is 0. The van der Waals surface area contributed by atoms with E-state index in [1.54, 1.807) is 0 Å². The Bertz CT molecular complexity index is 408. The molecule has 1 N–H and O–H groups in total. The van der Waals surface area contributed by atoms with Crippen LogP contribution >= 0.6 is 0 Å². The molecule has 1 aromatic rings. The molecule has 0 saturated carbocycles. The van der Waals surface area contributed by atoms with E-state index in [0.717, 1.165) is 0 Å². The standard InChI is InChI=1S/C10H10F2N2O2/c1-6(16)13-3-7-2-8(5-15)9(10(11)12)14-4-7/h2,4-5,10H,3H2,1H3,(H,13,16). The van der Waals surface area contributed by atoms with E-state index in [2.05, 4.69) is 10.3 Å². The molecular formula is C10H10F2N2O2. The lowest BCUT2D eigenvalue weighted by atomic mass is 10.1. The number of halogens is 2. The van der Waals surface area contributed by atoms with Crippen molar-refractivity contribution >= 4 is 12.2 Å². The quantitative estimate of drug-likeness (QED) is 0.794. The Hall–Kier alpha value is -1.85. The van der Waals surface area contributed by atoms with Crippen molar-refractivity contribution in [1.82, 2.24) is 10.3 Å². The van der Waals surface area contributed by atoms with E-state index < -0.39 is 12.1 Å². The highest BCUT2D eigenvalue weighted by atomic mass is 19.3. The van der Waals surface area contributed by atoms with Crippen LogP contribution in [0.15, 0.2) is 12.3 Å². The molecule has 0 bridgehead atoms. The van der Waals surface area contributed by atoms with Gasteiger partial charge in [0.15, 0.2) is 6.29 Å². The first-order valence-corrected chi connectivity index (χ1v) is 4.51. The van der Waals surface area contributed by atoms with Crippen LogP contribution in [0.4, 0.5) is 8.78 Å². The van der Waals surface area contributed by atoms with Crippen molar-refractivity contribution in [2.75, 3.05) is 0 Å². The summed E-state index contributed by atoms with van der Waals surface area (Å²) in [5, 5.41) is 2.48. The number of aldehydes is 1. The summed E-state index contributed by atoms with van der Waals surface area (Å²) in [6.45, 7) is 1.49. The van der Waals surface area contributed by atoms with E-state index >= 15 is 0 Å². The predicted octanol–water partition coefficient (Wildman–Crippen LogP) is 1.47. The third kappa shape index (κ3) is 3.08. The summed E-state index contributed by atoms with van der Waals surface area (Å²) in [6, 6.07) is 1.29. The van der Waals surface area contributed by atoms with Crippen molar-refractivity contribution in [3.05, 3.63) is 29.1 Å². The minimum atomic E-state index is -2.78. The van der Waals surface area contributed by atoms with E-state index in [0.29, 0.717) is 11.8 Å². The molecule has 86 valence electrons. The fourth-order valence-corrected chi connectivity index (χ4v) is 1.14. The number of alkyl halides is 2. The lowest BCUT2D eigenvalue weighted by molar-refractivity contribution is -0.119. The van der Waals surface area contributed by atoms with Crippen molar-refractivity contribution in [3.63, 3.8) is 0 Å². The van der Waals surface area contributed by atoms with Crippen LogP contribution in [0.3, 0.4) is 0 Å². The number of nitrogens with zero attached hydrogens (tertiary/aromatic N) is 1. The van der Waals surface area contributed by atoms with Gasteiger partial charge in [-0.05, 0) is 11.6 Å². The third-order valence-corrected chi connectivity index (χ3v) is 1.88. The first kappa shape index (κ1) is 12.2. The maximum atomic E-state index is 12.4. The summed E-state index contributed by atoms with van der Waals surface area (Å²) in [4.78, 5) is 24.7. The number of carbonyl (C=O) groups is 2. The maximum Gasteiger partial charge on any atom is 0.281 e. The van der Waals surface area contributed by atoms with Crippen LogP contribution in [0.5, 0.6) is 0 Å². The number of nitrogens with one attached hydrogen (secondary N) is 1. The molecule has 0 unspecified atom stereocenters. The topological polar surface area (TPSA) is 59.1 Å². The number of hydrogen-bond donors (Lipinski definition) is 1. The van der Waals surface area contributed by atoms with Crippen LogP contribution in [0.1, 0.15) is 35.0 Å². The predicted molar refractivity (Wildman–Crippen MR) is 52.1 cm³/mol. The Morgan fingerprint density at radius 1 is 1.62 bits per heavy atom. The minimum absolute atomic E-state index is 0.155. The Balaban J connectivity index is 2.90. The summed E-state index contributed by atoms with van der Waals surface area (Å²) in [5.41, 5.74) is -0.193. The van der Waals surface area contributed by atoms with Crippen LogP contribution in [0, 0.1) is 0 Å². The van der Waals surface area contributed by atoms with Gasteiger partial charge < -0.3 is 5.32 Å². The second-order valence-electron chi connectivity index (χ2n) is 3.15. The molecular weight excluding hydrogens is 218 g/mol. The molecule has 0 aliphatic rings. The van der Waals surface area contributed by atoms with Crippen molar-refractivity contribution in [1.29, 1.82) is 0 Å². The van der Waals surface area contributed by atoms with E-state index in [-0.39, 0.29) is 18.0 Å². The lowest BCUT2D eigenvalue weighted by Crippen LogP contribution is -2.19. The summed E-state index contributed by atoms with van der Waals surface area (Å²) in [5.74, 6) is -0.245. The van der Waals surface area contributed by atoms with Gasteiger partial charge in [-0.3, -0.25) is 14.6 Å². The monoisotopic (exact) mass is 228 g/mol. The lowest BCUT2D eigenvalue weighted by Gasteiger charge is -2.06. The molecule has 1 rings (SSSR count). The minimum Gasteiger partial charge on any atom is -0.352 e. The highest BCUT2D eigenvalue weighted by Crippen LogP contribution is 2.20. The van der Waals surface area contributed by atoms with Crippen molar-refractivity contribution in [2.45, 2.75) is 19.9 Å². The van der Waals surface area contributed by atoms with Gasteiger partial charge in [0, 0.05) is 25.2 Å². The molecule has 6 heteroatoms. The van der Waals surface area contributed by atoms with Crippen molar-refractivity contribution in [2.24, 2.45) is 0 Å². The second kappa shape index (κ2) is 5.29. The van der Waals surface area contributed by atoms with Gasteiger partial charge in [-0.25, -0.2) is 8.78 Å². The van der Waals surface area contributed by atoms with E-state index in [1.165, 1.54) is 19.2 Å². The number of amides is 1. The van der Waals surface area contributed by atoms with Crippen molar-refractivity contribution in [3.8, 4) is 0 Å². The fraction of sp³-hybridized carbons (Fsp3) is 0.300. The maximum absolute atomic E-state index is 12.4. The molecule has 0 fully saturated rings. The Morgan fingerprint density at radius 2 is 2.31 bits per heavy atom. The molecule has 0 radical (unpaired) electrons. The molecule has 0 aliphatic carbocycles. The molecule has 4 nitrogen and oxygen atoms in total. The number of rotatable bonds is 4. The van der Waals surface area contributed by atoms with Crippen LogP contribution in [-0.4, -0.2) is 17.2 Å². The molecule has 0 aromatic carbocycles. The van der Waals surface area contributed by atoms with Gasteiger partial charge in [-0.1, -0.05) is 0 Å². The summed E-state index contributed by atoms with van der Waals surface area (Å²) < 4.78 is 24.7. The third-order valence-electron chi connectivity index (χ3n) is 1.88. The highest BCUT2D eigenvalue weighted by Gasteiger charge is 2.14. The number of carbonyl (C=O) groups excluding carboxylic acids is 2. The summed E-state index contributed by atoms with van der Waals surface area (Å²) >= 11 is 0. The zero-order chi connectivity index (χ0) is 12.1. The van der Waals surface area contributed by atoms with Crippen molar-refractivity contribution < 1.29 is 18.4 Å². The first-order chi connectivity index (χ1) is 7.54. The zero-order valence-electron chi connectivity index (χ0n) is 8.54. The molecule has 1 heterocycles. The SMILES string of the molecule is CC(=O)NCc1cnc(C(F)F)c(C=O)c1. The fourth-order valence-electron chi connectivity index (χ4n) is 1.14. The molecule has 16 heavy (non-hydrogen) atoms. The number of hydrogen-bond acceptors (Lipinski definition) is 3. The Labute approximate surface area is 90.7 Å². The zero-order valence-corrected chi connectivity index (χ0v) is 8.54. The molecule has 0 aliphatic heterocycles. The second-order valence-corrected chi connectivity index (χ2v) is 3.15. The van der Waals surface area contributed by atoms with Crippen LogP contribution < -0.4 is 5.32 Å². The van der Waals surface area contributed by atoms with Gasteiger partial charge in [0.25, 0.3) is 6.43 Å². The largest absolute Gasteiger partial charge is 0.352 e. The van der Waals surface area contributed by atoms with Gasteiger partial charge in [-0.15, -0.1) is 0 Å². The molecule has 0 spiro atoms. The van der Waals surface area contributed by atoms with Crippen LogP contribution in [0.2, 0.25) is 0 Å². The van der Waals surface area contributed by atoms with E-state index in [4.69, 9.17) is 0 Å². The Morgan fingerprint density at radius 3 is 2.81 bits per heavy atom. The molecule has 1 amide bonds. The summed E-state index contributed by atoms with van der Waals surface area (Å²) in [6.07, 6.45) is -1.24. The number of pyridine rings is 1. The molecule has 1 aromatic heterocycles. The smallest absolute Gasteiger partial charge is 0.281 e. The first-order valence-electron chi connectivity index (χ1n) is 4.51. The van der Waals surface area contributed by atoms with Gasteiger partial charge in [-0.2, -0.15) is 0 Å². The highest BCUT2D eigenvalue weighted by molar-refractivity contribution is 5.77. The molecule has 0 atom stereocenters. The van der Waals surface area contributed by atoms with Crippen LogP contribution in [-0.2, 0) is 11.3 Å². The average molecular weight is 228 g/mol. The Kier molecular flexibility index (Phi) is 4.04. The number of aromatic nitrogens is 1. The van der Waals surface area contributed by atoms with E-state index in [9.17, 15) is 18.4 Å².